The maximum absolute atomic E-state index is 11.5. The van der Waals surface area contributed by atoms with E-state index in [0.29, 0.717) is 6.42 Å². The SMILES string of the molecule is Cc1ccc(CCCC(=O)NOCCC(N)C(=O)O)cc1. The molecular weight excluding hydrogens is 272 g/mol. The van der Waals surface area contributed by atoms with Crippen LogP contribution >= 0.6 is 0 Å². The van der Waals surface area contributed by atoms with Crippen molar-refractivity contribution in [3.05, 3.63) is 35.4 Å². The zero-order chi connectivity index (χ0) is 15.7. The van der Waals surface area contributed by atoms with Gasteiger partial charge in [0.05, 0.1) is 6.61 Å². The van der Waals surface area contributed by atoms with Crippen LogP contribution in [0.15, 0.2) is 24.3 Å². The molecule has 0 saturated carbocycles. The number of hydrogen-bond acceptors (Lipinski definition) is 4. The number of hydroxylamine groups is 1. The Balaban J connectivity index is 2.09. The molecule has 0 aliphatic rings. The lowest BCUT2D eigenvalue weighted by Gasteiger charge is -2.08. The van der Waals surface area contributed by atoms with Crippen LogP contribution in [0.25, 0.3) is 0 Å². The first-order valence-corrected chi connectivity index (χ1v) is 6.93. The Kier molecular flexibility index (Phi) is 7.42. The van der Waals surface area contributed by atoms with Gasteiger partial charge in [0.15, 0.2) is 0 Å². The maximum atomic E-state index is 11.5. The van der Waals surface area contributed by atoms with Gasteiger partial charge in [-0.25, -0.2) is 5.48 Å². The molecule has 0 radical (unpaired) electrons. The van der Waals surface area contributed by atoms with E-state index in [2.05, 4.69) is 17.6 Å². The molecule has 1 amide bonds. The summed E-state index contributed by atoms with van der Waals surface area (Å²) in [5.41, 5.74) is 9.99. The minimum absolute atomic E-state index is 0.0805. The molecular formula is C15H22N2O4. The van der Waals surface area contributed by atoms with Crippen LogP contribution in [0.2, 0.25) is 0 Å². The number of aliphatic carboxylic acids is 1. The van der Waals surface area contributed by atoms with E-state index in [1.54, 1.807) is 0 Å². The summed E-state index contributed by atoms with van der Waals surface area (Å²) in [5, 5.41) is 8.56. The highest BCUT2D eigenvalue weighted by Crippen LogP contribution is 2.07. The third-order valence-electron chi connectivity index (χ3n) is 3.02. The predicted molar refractivity (Wildman–Crippen MR) is 78.4 cm³/mol. The molecule has 1 aromatic rings. The van der Waals surface area contributed by atoms with Gasteiger partial charge in [0.2, 0.25) is 5.91 Å². The molecule has 0 fully saturated rings. The van der Waals surface area contributed by atoms with Crippen molar-refractivity contribution in [3.8, 4) is 0 Å². The summed E-state index contributed by atoms with van der Waals surface area (Å²) in [6, 6.07) is 7.23. The summed E-state index contributed by atoms with van der Waals surface area (Å²) in [6.45, 7) is 2.11. The maximum Gasteiger partial charge on any atom is 0.320 e. The number of aryl methyl sites for hydroxylation is 2. The Morgan fingerprint density at radius 2 is 2.00 bits per heavy atom. The van der Waals surface area contributed by atoms with Gasteiger partial charge < -0.3 is 10.8 Å². The summed E-state index contributed by atoms with van der Waals surface area (Å²) in [5.74, 6) is -1.30. The third kappa shape index (κ3) is 7.43. The molecule has 0 aliphatic carbocycles. The number of carbonyl (C=O) groups is 2. The van der Waals surface area contributed by atoms with Gasteiger partial charge in [-0.3, -0.25) is 14.4 Å². The highest BCUT2D eigenvalue weighted by atomic mass is 16.6. The highest BCUT2D eigenvalue weighted by Gasteiger charge is 2.11. The molecule has 116 valence electrons. The number of nitrogens with one attached hydrogen (secondary N) is 1. The fourth-order valence-corrected chi connectivity index (χ4v) is 1.70. The minimum Gasteiger partial charge on any atom is -0.480 e. The second kappa shape index (κ2) is 9.10. The summed E-state index contributed by atoms with van der Waals surface area (Å²) < 4.78 is 0. The van der Waals surface area contributed by atoms with Gasteiger partial charge in [-0.05, 0) is 31.7 Å². The molecule has 1 rings (SSSR count). The minimum atomic E-state index is -1.08. The second-order valence-electron chi connectivity index (χ2n) is 4.95. The fourth-order valence-electron chi connectivity index (χ4n) is 1.70. The molecule has 6 nitrogen and oxygen atoms in total. The van der Waals surface area contributed by atoms with Gasteiger partial charge in [-0.2, -0.15) is 0 Å². The fraction of sp³-hybridized carbons (Fsp3) is 0.467. The van der Waals surface area contributed by atoms with E-state index in [-0.39, 0.29) is 18.9 Å². The van der Waals surface area contributed by atoms with Crippen molar-refractivity contribution < 1.29 is 19.5 Å². The topological polar surface area (TPSA) is 102 Å². The van der Waals surface area contributed by atoms with Crippen molar-refractivity contribution in [2.45, 2.75) is 38.6 Å². The molecule has 0 saturated heterocycles. The van der Waals surface area contributed by atoms with Crippen molar-refractivity contribution in [3.63, 3.8) is 0 Å². The average molecular weight is 294 g/mol. The van der Waals surface area contributed by atoms with E-state index in [9.17, 15) is 9.59 Å². The molecule has 0 aromatic heterocycles. The molecule has 1 aromatic carbocycles. The Labute approximate surface area is 124 Å². The van der Waals surface area contributed by atoms with Crippen molar-refractivity contribution >= 4 is 11.9 Å². The van der Waals surface area contributed by atoms with Gasteiger partial charge in [0.25, 0.3) is 0 Å². The van der Waals surface area contributed by atoms with E-state index in [4.69, 9.17) is 15.7 Å². The Bertz CT molecular complexity index is 459. The average Bonchev–Trinajstić information content (AvgIpc) is 2.45. The first kappa shape index (κ1) is 17.1. The monoisotopic (exact) mass is 294 g/mol. The molecule has 6 heteroatoms. The summed E-state index contributed by atoms with van der Waals surface area (Å²) in [6.07, 6.45) is 2.07. The molecule has 0 aliphatic heterocycles. The van der Waals surface area contributed by atoms with Crippen LogP contribution < -0.4 is 11.2 Å². The smallest absolute Gasteiger partial charge is 0.320 e. The number of hydrogen-bond donors (Lipinski definition) is 3. The first-order chi connectivity index (χ1) is 9.99. The zero-order valence-electron chi connectivity index (χ0n) is 12.2. The van der Waals surface area contributed by atoms with E-state index in [0.717, 1.165) is 12.8 Å². The van der Waals surface area contributed by atoms with Crippen molar-refractivity contribution in [2.75, 3.05) is 6.61 Å². The van der Waals surface area contributed by atoms with Gasteiger partial charge in [0.1, 0.15) is 6.04 Å². The lowest BCUT2D eigenvalue weighted by atomic mass is 10.1. The number of carboxylic acids is 1. The Morgan fingerprint density at radius 1 is 1.33 bits per heavy atom. The third-order valence-corrected chi connectivity index (χ3v) is 3.02. The van der Waals surface area contributed by atoms with Crippen LogP contribution in [-0.2, 0) is 20.8 Å². The van der Waals surface area contributed by atoms with Gasteiger partial charge in [0, 0.05) is 6.42 Å². The standard InChI is InChI=1S/C15H22N2O4/c1-11-5-7-12(8-6-11)3-2-4-14(18)17-21-10-9-13(16)15(19)20/h5-8,13H,2-4,9-10,16H2,1H3,(H,17,18)(H,19,20). The zero-order valence-corrected chi connectivity index (χ0v) is 12.2. The van der Waals surface area contributed by atoms with E-state index in [1.807, 2.05) is 19.1 Å². The number of carboxylic acid groups (broad SMARTS) is 1. The van der Waals surface area contributed by atoms with E-state index >= 15 is 0 Å². The van der Waals surface area contributed by atoms with Crippen LogP contribution in [0, 0.1) is 6.92 Å². The molecule has 4 N–H and O–H groups in total. The van der Waals surface area contributed by atoms with Crippen LogP contribution in [-0.4, -0.2) is 29.6 Å². The van der Waals surface area contributed by atoms with Gasteiger partial charge in [-0.15, -0.1) is 0 Å². The molecule has 21 heavy (non-hydrogen) atoms. The lowest BCUT2D eigenvalue weighted by Crippen LogP contribution is -2.33. The van der Waals surface area contributed by atoms with Crippen LogP contribution in [0.3, 0.4) is 0 Å². The van der Waals surface area contributed by atoms with E-state index < -0.39 is 12.0 Å². The Morgan fingerprint density at radius 3 is 2.62 bits per heavy atom. The van der Waals surface area contributed by atoms with Crippen molar-refractivity contribution in [2.24, 2.45) is 5.73 Å². The molecule has 0 bridgehead atoms. The number of carbonyl (C=O) groups excluding carboxylic acids is 1. The molecule has 0 heterocycles. The molecule has 1 unspecified atom stereocenters. The lowest BCUT2D eigenvalue weighted by molar-refractivity contribution is -0.139. The summed E-state index contributed by atoms with van der Waals surface area (Å²) in [4.78, 5) is 26.8. The van der Waals surface area contributed by atoms with Crippen LogP contribution in [0.5, 0.6) is 0 Å². The normalized spacial score (nSPS) is 11.9. The first-order valence-electron chi connectivity index (χ1n) is 6.93. The Hall–Kier alpha value is -1.92. The largest absolute Gasteiger partial charge is 0.480 e. The number of amides is 1. The van der Waals surface area contributed by atoms with Crippen molar-refractivity contribution in [1.29, 1.82) is 0 Å². The summed E-state index contributed by atoms with van der Waals surface area (Å²) in [7, 11) is 0. The number of nitrogens with two attached hydrogens (primary N) is 1. The van der Waals surface area contributed by atoms with Crippen LogP contribution in [0.1, 0.15) is 30.4 Å². The summed E-state index contributed by atoms with van der Waals surface area (Å²) >= 11 is 0. The number of rotatable bonds is 9. The molecule has 1 atom stereocenters. The number of benzene rings is 1. The van der Waals surface area contributed by atoms with Gasteiger partial charge in [-0.1, -0.05) is 29.8 Å². The quantitative estimate of drug-likeness (QED) is 0.469. The van der Waals surface area contributed by atoms with Gasteiger partial charge >= 0.3 is 5.97 Å². The predicted octanol–water partition coefficient (Wildman–Crippen LogP) is 1.17. The van der Waals surface area contributed by atoms with Crippen molar-refractivity contribution in [1.82, 2.24) is 5.48 Å². The second-order valence-corrected chi connectivity index (χ2v) is 4.95. The van der Waals surface area contributed by atoms with Crippen LogP contribution in [0.4, 0.5) is 0 Å². The van der Waals surface area contributed by atoms with E-state index in [1.165, 1.54) is 11.1 Å². The molecule has 0 spiro atoms. The highest BCUT2D eigenvalue weighted by molar-refractivity contribution is 5.74.